The van der Waals surface area contributed by atoms with Gasteiger partial charge in [-0.1, -0.05) is 11.2 Å². The SMILES string of the molecule is Cc1cc(NC(=O)Nc2cccc(N3CCCC3=O)c2)no1. The number of urea groups is 1. The molecule has 1 aromatic heterocycles. The summed E-state index contributed by atoms with van der Waals surface area (Å²) in [4.78, 5) is 25.4. The van der Waals surface area contributed by atoms with Gasteiger partial charge in [0.2, 0.25) is 5.91 Å². The van der Waals surface area contributed by atoms with Crippen molar-refractivity contribution in [1.29, 1.82) is 0 Å². The van der Waals surface area contributed by atoms with E-state index in [4.69, 9.17) is 4.52 Å². The molecule has 0 saturated carbocycles. The van der Waals surface area contributed by atoms with E-state index < -0.39 is 6.03 Å². The second-order valence-corrected chi connectivity index (χ2v) is 5.10. The van der Waals surface area contributed by atoms with E-state index >= 15 is 0 Å². The lowest BCUT2D eigenvalue weighted by Crippen LogP contribution is -2.24. The third-order valence-corrected chi connectivity index (χ3v) is 3.36. The van der Waals surface area contributed by atoms with E-state index in [9.17, 15) is 9.59 Å². The largest absolute Gasteiger partial charge is 0.360 e. The van der Waals surface area contributed by atoms with Crippen LogP contribution in [0.2, 0.25) is 0 Å². The molecule has 1 saturated heterocycles. The van der Waals surface area contributed by atoms with Crippen LogP contribution in [0.1, 0.15) is 18.6 Å². The smallest absolute Gasteiger partial charge is 0.324 e. The van der Waals surface area contributed by atoms with Gasteiger partial charge in [0, 0.05) is 30.4 Å². The van der Waals surface area contributed by atoms with Crippen molar-refractivity contribution in [2.75, 3.05) is 22.1 Å². The van der Waals surface area contributed by atoms with E-state index in [-0.39, 0.29) is 5.91 Å². The van der Waals surface area contributed by atoms with Crippen LogP contribution in [0.4, 0.5) is 22.0 Å². The second-order valence-electron chi connectivity index (χ2n) is 5.10. The molecule has 7 nitrogen and oxygen atoms in total. The molecule has 1 aromatic carbocycles. The molecule has 0 aliphatic carbocycles. The van der Waals surface area contributed by atoms with Crippen LogP contribution in [0.25, 0.3) is 0 Å². The minimum atomic E-state index is -0.418. The maximum Gasteiger partial charge on any atom is 0.324 e. The Morgan fingerprint density at radius 3 is 2.86 bits per heavy atom. The topological polar surface area (TPSA) is 87.5 Å². The fourth-order valence-corrected chi connectivity index (χ4v) is 2.38. The summed E-state index contributed by atoms with van der Waals surface area (Å²) in [6, 6.07) is 8.40. The first-order valence-corrected chi connectivity index (χ1v) is 7.03. The maximum atomic E-state index is 11.9. The number of aryl methyl sites for hydroxylation is 1. The maximum absolute atomic E-state index is 11.9. The summed E-state index contributed by atoms with van der Waals surface area (Å²) >= 11 is 0. The number of aromatic nitrogens is 1. The van der Waals surface area contributed by atoms with Gasteiger partial charge >= 0.3 is 6.03 Å². The first-order valence-electron chi connectivity index (χ1n) is 7.03. The summed E-state index contributed by atoms with van der Waals surface area (Å²) in [5.74, 6) is 1.07. The number of carbonyl (C=O) groups excluding carboxylic acids is 2. The highest BCUT2D eigenvalue weighted by Crippen LogP contribution is 2.24. The molecule has 0 spiro atoms. The molecule has 2 N–H and O–H groups in total. The van der Waals surface area contributed by atoms with Crippen LogP contribution in [-0.4, -0.2) is 23.6 Å². The summed E-state index contributed by atoms with van der Waals surface area (Å²) in [5, 5.41) is 8.97. The van der Waals surface area contributed by atoms with E-state index in [1.807, 2.05) is 6.07 Å². The Morgan fingerprint density at radius 2 is 2.18 bits per heavy atom. The first-order chi connectivity index (χ1) is 10.6. The zero-order chi connectivity index (χ0) is 15.5. The first kappa shape index (κ1) is 14.1. The van der Waals surface area contributed by atoms with Crippen molar-refractivity contribution in [2.24, 2.45) is 0 Å². The molecule has 3 amide bonds. The van der Waals surface area contributed by atoms with Crippen LogP contribution in [0.15, 0.2) is 34.9 Å². The van der Waals surface area contributed by atoms with Gasteiger partial charge in [0.1, 0.15) is 5.76 Å². The number of benzene rings is 1. The molecule has 0 radical (unpaired) electrons. The Balaban J connectivity index is 1.67. The summed E-state index contributed by atoms with van der Waals surface area (Å²) < 4.78 is 4.88. The van der Waals surface area contributed by atoms with Gasteiger partial charge < -0.3 is 14.7 Å². The van der Waals surface area contributed by atoms with Crippen LogP contribution in [-0.2, 0) is 4.79 Å². The number of nitrogens with one attached hydrogen (secondary N) is 2. The van der Waals surface area contributed by atoms with Gasteiger partial charge in [-0.05, 0) is 31.5 Å². The van der Waals surface area contributed by atoms with E-state index in [1.54, 1.807) is 36.1 Å². The third kappa shape index (κ3) is 3.08. The summed E-state index contributed by atoms with van der Waals surface area (Å²) in [6.45, 7) is 2.46. The minimum absolute atomic E-state index is 0.111. The van der Waals surface area contributed by atoms with Crippen molar-refractivity contribution in [3.8, 4) is 0 Å². The lowest BCUT2D eigenvalue weighted by Gasteiger charge is -2.16. The fourth-order valence-electron chi connectivity index (χ4n) is 2.38. The molecule has 1 aliphatic rings. The highest BCUT2D eigenvalue weighted by Gasteiger charge is 2.21. The monoisotopic (exact) mass is 300 g/mol. The number of rotatable bonds is 3. The summed E-state index contributed by atoms with van der Waals surface area (Å²) in [7, 11) is 0. The Kier molecular flexibility index (Phi) is 3.78. The Morgan fingerprint density at radius 1 is 1.32 bits per heavy atom. The number of nitrogens with zero attached hydrogens (tertiary/aromatic N) is 2. The predicted molar refractivity (Wildman–Crippen MR) is 81.9 cm³/mol. The lowest BCUT2D eigenvalue weighted by atomic mass is 10.2. The number of carbonyl (C=O) groups is 2. The van der Waals surface area contributed by atoms with Crippen LogP contribution >= 0.6 is 0 Å². The molecule has 0 bridgehead atoms. The van der Waals surface area contributed by atoms with E-state index in [2.05, 4.69) is 15.8 Å². The molecule has 0 unspecified atom stereocenters. The molecule has 7 heteroatoms. The molecule has 0 atom stereocenters. The third-order valence-electron chi connectivity index (χ3n) is 3.36. The van der Waals surface area contributed by atoms with Gasteiger partial charge in [0.25, 0.3) is 0 Å². The van der Waals surface area contributed by atoms with Crippen molar-refractivity contribution in [3.05, 3.63) is 36.1 Å². The van der Waals surface area contributed by atoms with Crippen LogP contribution < -0.4 is 15.5 Å². The molecule has 2 aromatic rings. The summed E-state index contributed by atoms with van der Waals surface area (Å²) in [5.41, 5.74) is 1.40. The van der Waals surface area contributed by atoms with Crippen molar-refractivity contribution < 1.29 is 14.1 Å². The van der Waals surface area contributed by atoms with Gasteiger partial charge in [0.15, 0.2) is 5.82 Å². The minimum Gasteiger partial charge on any atom is -0.360 e. The zero-order valence-electron chi connectivity index (χ0n) is 12.1. The molecule has 114 valence electrons. The number of anilines is 3. The quantitative estimate of drug-likeness (QED) is 0.912. The number of amides is 3. The van der Waals surface area contributed by atoms with E-state index in [0.29, 0.717) is 30.2 Å². The van der Waals surface area contributed by atoms with Crippen molar-refractivity contribution in [3.63, 3.8) is 0 Å². The van der Waals surface area contributed by atoms with Crippen LogP contribution in [0.3, 0.4) is 0 Å². The van der Waals surface area contributed by atoms with Crippen molar-refractivity contribution >= 4 is 29.1 Å². The normalized spacial score (nSPS) is 14.2. The molecule has 1 aliphatic heterocycles. The Labute approximate surface area is 127 Å². The molecule has 2 heterocycles. The van der Waals surface area contributed by atoms with Crippen LogP contribution in [0, 0.1) is 6.92 Å². The average Bonchev–Trinajstić information content (AvgIpc) is 3.07. The molecular formula is C15H16N4O3. The van der Waals surface area contributed by atoms with Gasteiger partial charge in [-0.15, -0.1) is 0 Å². The van der Waals surface area contributed by atoms with Crippen molar-refractivity contribution in [1.82, 2.24) is 5.16 Å². The van der Waals surface area contributed by atoms with Gasteiger partial charge in [-0.3, -0.25) is 10.1 Å². The van der Waals surface area contributed by atoms with Gasteiger partial charge in [-0.25, -0.2) is 4.79 Å². The zero-order valence-corrected chi connectivity index (χ0v) is 12.1. The Bertz CT molecular complexity index is 710. The highest BCUT2D eigenvalue weighted by molar-refractivity contribution is 6.00. The number of hydrogen-bond acceptors (Lipinski definition) is 4. The van der Waals surface area contributed by atoms with Crippen molar-refractivity contribution in [2.45, 2.75) is 19.8 Å². The summed E-state index contributed by atoms with van der Waals surface area (Å²) in [6.07, 6.45) is 1.44. The van der Waals surface area contributed by atoms with E-state index in [0.717, 1.165) is 12.1 Å². The highest BCUT2D eigenvalue weighted by atomic mass is 16.5. The lowest BCUT2D eigenvalue weighted by molar-refractivity contribution is -0.117. The van der Waals surface area contributed by atoms with Crippen LogP contribution in [0.5, 0.6) is 0 Å². The molecular weight excluding hydrogens is 284 g/mol. The molecule has 3 rings (SSSR count). The predicted octanol–water partition coefficient (Wildman–Crippen LogP) is 2.75. The second kappa shape index (κ2) is 5.88. The average molecular weight is 300 g/mol. The van der Waals surface area contributed by atoms with Gasteiger partial charge in [0.05, 0.1) is 0 Å². The molecule has 22 heavy (non-hydrogen) atoms. The molecule has 1 fully saturated rings. The Hall–Kier alpha value is -2.83. The van der Waals surface area contributed by atoms with Gasteiger partial charge in [-0.2, -0.15) is 0 Å². The van der Waals surface area contributed by atoms with E-state index in [1.165, 1.54) is 0 Å². The number of hydrogen-bond donors (Lipinski definition) is 2. The standard InChI is InChI=1S/C15H16N4O3/c1-10-8-13(18-22-10)17-15(21)16-11-4-2-5-12(9-11)19-7-3-6-14(19)20/h2,4-5,8-9H,3,6-7H2,1H3,(H2,16,17,18,21). The fraction of sp³-hybridized carbons (Fsp3) is 0.267.